The summed E-state index contributed by atoms with van der Waals surface area (Å²) in [5.41, 5.74) is 6.56. The number of hydrazone groups is 1. The lowest BCUT2D eigenvalue weighted by molar-refractivity contribution is -0.384. The summed E-state index contributed by atoms with van der Waals surface area (Å²) in [4.78, 5) is 34.7. The SMILES string of the molecule is Cc1ccc([N+](=O)[O-])cc1NC(=O)C1=NN(c2ccc(F)cc2)C(C(N)=O)C1. The van der Waals surface area contributed by atoms with Crippen LogP contribution in [0.5, 0.6) is 0 Å². The van der Waals surface area contributed by atoms with Gasteiger partial charge < -0.3 is 11.1 Å². The zero-order valence-electron chi connectivity index (χ0n) is 14.8. The third kappa shape index (κ3) is 3.80. The molecule has 0 spiro atoms. The van der Waals surface area contributed by atoms with E-state index < -0.39 is 28.6 Å². The van der Waals surface area contributed by atoms with Gasteiger partial charge in [0.1, 0.15) is 17.6 Å². The minimum absolute atomic E-state index is 0.0269. The van der Waals surface area contributed by atoms with Crippen molar-refractivity contribution >= 4 is 34.6 Å². The van der Waals surface area contributed by atoms with Gasteiger partial charge in [-0.2, -0.15) is 5.10 Å². The number of hydrogen-bond acceptors (Lipinski definition) is 6. The lowest BCUT2D eigenvalue weighted by Gasteiger charge is -2.20. The van der Waals surface area contributed by atoms with E-state index >= 15 is 0 Å². The first-order valence-electron chi connectivity index (χ1n) is 8.24. The molecule has 2 aromatic carbocycles. The highest BCUT2D eigenvalue weighted by Gasteiger charge is 2.35. The van der Waals surface area contributed by atoms with E-state index in [1.807, 2.05) is 0 Å². The predicted molar refractivity (Wildman–Crippen MR) is 100 cm³/mol. The number of nitrogens with one attached hydrogen (secondary N) is 1. The van der Waals surface area contributed by atoms with Gasteiger partial charge in [0.25, 0.3) is 11.6 Å². The standard InChI is InChI=1S/C18H16FN5O4/c1-10-2-5-13(24(27)28)8-14(10)21-18(26)15-9-16(17(20)25)23(22-15)12-6-3-11(19)4-7-12/h2-8,16H,9H2,1H3,(H2,20,25)(H,21,26). The fourth-order valence-electron chi connectivity index (χ4n) is 2.75. The van der Waals surface area contributed by atoms with Crippen LogP contribution in [0.2, 0.25) is 0 Å². The number of non-ortho nitro benzene ring substituents is 1. The lowest BCUT2D eigenvalue weighted by atomic mass is 10.1. The molecule has 0 bridgehead atoms. The van der Waals surface area contributed by atoms with Crippen molar-refractivity contribution in [3.63, 3.8) is 0 Å². The summed E-state index contributed by atoms with van der Waals surface area (Å²) in [5, 5.41) is 18.9. The number of halogens is 1. The molecule has 1 aliphatic heterocycles. The van der Waals surface area contributed by atoms with E-state index in [2.05, 4.69) is 10.4 Å². The Hall–Kier alpha value is -3.82. The van der Waals surface area contributed by atoms with E-state index in [9.17, 15) is 24.1 Å². The highest BCUT2D eigenvalue weighted by molar-refractivity contribution is 6.44. The quantitative estimate of drug-likeness (QED) is 0.601. The molecule has 0 saturated carbocycles. The highest BCUT2D eigenvalue weighted by Crippen LogP contribution is 2.26. The summed E-state index contributed by atoms with van der Waals surface area (Å²) in [6, 6.07) is 8.42. The average Bonchev–Trinajstić information content (AvgIpc) is 3.10. The minimum atomic E-state index is -0.905. The Morgan fingerprint density at radius 2 is 1.96 bits per heavy atom. The van der Waals surface area contributed by atoms with E-state index in [1.165, 1.54) is 47.5 Å². The number of carbonyl (C=O) groups is 2. The molecule has 0 aliphatic carbocycles. The molecule has 1 unspecified atom stereocenters. The van der Waals surface area contributed by atoms with Crippen molar-refractivity contribution in [2.45, 2.75) is 19.4 Å². The fraction of sp³-hybridized carbons (Fsp3) is 0.167. The van der Waals surface area contributed by atoms with E-state index in [4.69, 9.17) is 5.73 Å². The van der Waals surface area contributed by atoms with E-state index in [0.29, 0.717) is 11.3 Å². The lowest BCUT2D eigenvalue weighted by Crippen LogP contribution is -2.39. The van der Waals surface area contributed by atoms with Gasteiger partial charge in [-0.15, -0.1) is 0 Å². The number of carbonyl (C=O) groups excluding carboxylic acids is 2. The third-order valence-electron chi connectivity index (χ3n) is 4.27. The molecular weight excluding hydrogens is 369 g/mol. The number of rotatable bonds is 5. The van der Waals surface area contributed by atoms with Gasteiger partial charge in [0.05, 0.1) is 16.3 Å². The van der Waals surface area contributed by atoms with Crippen LogP contribution in [0.4, 0.5) is 21.5 Å². The van der Waals surface area contributed by atoms with Gasteiger partial charge in [0.2, 0.25) is 5.91 Å². The Labute approximate surface area is 158 Å². The second-order valence-corrected chi connectivity index (χ2v) is 6.20. The highest BCUT2D eigenvalue weighted by atomic mass is 19.1. The monoisotopic (exact) mass is 385 g/mol. The Kier molecular flexibility index (Phi) is 5.03. The van der Waals surface area contributed by atoms with Crippen LogP contribution < -0.4 is 16.1 Å². The fourth-order valence-corrected chi connectivity index (χ4v) is 2.75. The van der Waals surface area contributed by atoms with Gasteiger partial charge in [-0.3, -0.25) is 24.7 Å². The van der Waals surface area contributed by atoms with Gasteiger partial charge in [0, 0.05) is 18.6 Å². The van der Waals surface area contributed by atoms with Crippen molar-refractivity contribution in [1.82, 2.24) is 0 Å². The molecule has 1 aliphatic rings. The Morgan fingerprint density at radius 1 is 1.29 bits per heavy atom. The molecule has 3 rings (SSSR count). The van der Waals surface area contributed by atoms with Crippen molar-refractivity contribution in [2.75, 3.05) is 10.3 Å². The van der Waals surface area contributed by atoms with Gasteiger partial charge >= 0.3 is 0 Å². The topological polar surface area (TPSA) is 131 Å². The normalized spacial score (nSPS) is 15.9. The van der Waals surface area contributed by atoms with Crippen LogP contribution in [-0.2, 0) is 9.59 Å². The molecule has 3 N–H and O–H groups in total. The van der Waals surface area contributed by atoms with E-state index in [0.717, 1.165) is 0 Å². The van der Waals surface area contributed by atoms with Crippen molar-refractivity contribution in [3.05, 3.63) is 64.0 Å². The van der Waals surface area contributed by atoms with E-state index in [-0.39, 0.29) is 23.5 Å². The van der Waals surface area contributed by atoms with Crippen LogP contribution in [0.15, 0.2) is 47.6 Å². The maximum absolute atomic E-state index is 13.1. The second kappa shape index (κ2) is 7.43. The molecule has 1 heterocycles. The minimum Gasteiger partial charge on any atom is -0.368 e. The number of aryl methyl sites for hydroxylation is 1. The van der Waals surface area contributed by atoms with Crippen molar-refractivity contribution in [2.24, 2.45) is 10.8 Å². The van der Waals surface area contributed by atoms with Gasteiger partial charge in [-0.05, 0) is 36.8 Å². The first kappa shape index (κ1) is 19.0. The first-order valence-corrected chi connectivity index (χ1v) is 8.24. The molecule has 10 heteroatoms. The van der Waals surface area contributed by atoms with Crippen molar-refractivity contribution in [3.8, 4) is 0 Å². The number of hydrogen-bond donors (Lipinski definition) is 2. The number of primary amides is 1. The van der Waals surface area contributed by atoms with Crippen LogP contribution in [0.25, 0.3) is 0 Å². The summed E-state index contributed by atoms with van der Waals surface area (Å²) in [7, 11) is 0. The summed E-state index contributed by atoms with van der Waals surface area (Å²) in [5.74, 6) is -1.76. The number of anilines is 2. The van der Waals surface area contributed by atoms with Crippen LogP contribution in [0.3, 0.4) is 0 Å². The smallest absolute Gasteiger partial charge is 0.271 e. The maximum Gasteiger partial charge on any atom is 0.271 e. The third-order valence-corrected chi connectivity index (χ3v) is 4.27. The number of nitro benzene ring substituents is 1. The molecule has 144 valence electrons. The number of benzene rings is 2. The molecule has 1 atom stereocenters. The molecule has 9 nitrogen and oxygen atoms in total. The Bertz CT molecular complexity index is 990. The zero-order chi connectivity index (χ0) is 20.4. The second-order valence-electron chi connectivity index (χ2n) is 6.20. The zero-order valence-corrected chi connectivity index (χ0v) is 14.8. The molecule has 2 aromatic rings. The number of amides is 2. The molecule has 2 amide bonds. The molecule has 28 heavy (non-hydrogen) atoms. The average molecular weight is 385 g/mol. The maximum atomic E-state index is 13.1. The number of nitrogens with two attached hydrogens (primary N) is 1. The van der Waals surface area contributed by atoms with Crippen LogP contribution in [0, 0.1) is 22.9 Å². The summed E-state index contributed by atoms with van der Waals surface area (Å²) in [6.07, 6.45) is -0.0491. The molecular formula is C18H16FN5O4. The van der Waals surface area contributed by atoms with Crippen LogP contribution in [-0.4, -0.2) is 28.5 Å². The largest absolute Gasteiger partial charge is 0.368 e. The first-order chi connectivity index (χ1) is 13.3. The van der Waals surface area contributed by atoms with Gasteiger partial charge in [0.15, 0.2) is 0 Å². The summed E-state index contributed by atoms with van der Waals surface area (Å²) < 4.78 is 13.1. The number of nitrogens with zero attached hydrogens (tertiary/aromatic N) is 3. The molecule has 0 fully saturated rings. The molecule has 0 saturated heterocycles. The summed E-state index contributed by atoms with van der Waals surface area (Å²) >= 11 is 0. The molecule has 0 aromatic heterocycles. The predicted octanol–water partition coefficient (Wildman–Crippen LogP) is 2.10. The van der Waals surface area contributed by atoms with Gasteiger partial charge in [-0.1, -0.05) is 6.07 Å². The van der Waals surface area contributed by atoms with Gasteiger partial charge in [-0.25, -0.2) is 4.39 Å². The van der Waals surface area contributed by atoms with Crippen LogP contribution in [0.1, 0.15) is 12.0 Å². The molecule has 0 radical (unpaired) electrons. The number of nitro groups is 1. The van der Waals surface area contributed by atoms with E-state index in [1.54, 1.807) is 6.92 Å². The van der Waals surface area contributed by atoms with Crippen molar-refractivity contribution < 1.29 is 18.9 Å². The van der Waals surface area contributed by atoms with Crippen LogP contribution >= 0.6 is 0 Å². The Morgan fingerprint density at radius 3 is 2.57 bits per heavy atom. The Balaban J connectivity index is 1.86. The summed E-state index contributed by atoms with van der Waals surface area (Å²) in [6.45, 7) is 1.69. The van der Waals surface area contributed by atoms with Crippen molar-refractivity contribution in [1.29, 1.82) is 0 Å².